The molecule has 1 aromatic carbocycles. The Bertz CT molecular complexity index is 498. The van der Waals surface area contributed by atoms with Crippen LogP contribution in [0.2, 0.25) is 0 Å². The lowest BCUT2D eigenvalue weighted by Gasteiger charge is -2.16. The molecule has 1 aliphatic rings. The van der Waals surface area contributed by atoms with E-state index >= 15 is 0 Å². The van der Waals surface area contributed by atoms with Crippen LogP contribution in [0.25, 0.3) is 0 Å². The fourth-order valence-corrected chi connectivity index (χ4v) is 2.35. The molecule has 0 heterocycles. The first-order valence-electron chi connectivity index (χ1n) is 7.40. The van der Waals surface area contributed by atoms with Gasteiger partial charge < -0.3 is 15.8 Å². The van der Waals surface area contributed by atoms with Gasteiger partial charge in [0.25, 0.3) is 5.91 Å². The minimum Gasteiger partial charge on any atom is -0.484 e. The van der Waals surface area contributed by atoms with Gasteiger partial charge in [-0.2, -0.15) is 0 Å². The fourth-order valence-electron chi connectivity index (χ4n) is 2.22. The Balaban J connectivity index is 1.75. The first-order chi connectivity index (χ1) is 10.1. The third-order valence-electron chi connectivity index (χ3n) is 3.68. The summed E-state index contributed by atoms with van der Waals surface area (Å²) in [7, 11) is 0. The molecule has 1 aliphatic carbocycles. The fraction of sp³-hybridized carbons (Fsp3) is 0.500. The number of hydrogen-bond acceptors (Lipinski definition) is 3. The molecule has 0 aliphatic heterocycles. The predicted octanol–water partition coefficient (Wildman–Crippen LogP) is 2.39. The number of hydrogen-bond donors (Lipinski definition) is 2. The number of rotatable bonds is 8. The number of thiocarbonyl (C=S) groups is 1. The van der Waals surface area contributed by atoms with Gasteiger partial charge in [-0.3, -0.25) is 4.79 Å². The zero-order valence-corrected chi connectivity index (χ0v) is 13.1. The summed E-state index contributed by atoms with van der Waals surface area (Å²) in [4.78, 5) is 12.2. The van der Waals surface area contributed by atoms with Crippen LogP contribution < -0.4 is 15.8 Å². The molecular weight excluding hydrogens is 284 g/mol. The summed E-state index contributed by atoms with van der Waals surface area (Å²) in [5.41, 5.74) is 6.32. The summed E-state index contributed by atoms with van der Waals surface area (Å²) < 4.78 is 5.47. The van der Waals surface area contributed by atoms with Crippen LogP contribution >= 0.6 is 12.2 Å². The summed E-state index contributed by atoms with van der Waals surface area (Å²) in [5.74, 6) is 1.38. The third kappa shape index (κ3) is 5.34. The Labute approximate surface area is 131 Å². The molecule has 21 heavy (non-hydrogen) atoms. The molecule has 1 unspecified atom stereocenters. The second-order valence-corrected chi connectivity index (χ2v) is 5.97. The maximum Gasteiger partial charge on any atom is 0.258 e. The second-order valence-electron chi connectivity index (χ2n) is 5.53. The van der Waals surface area contributed by atoms with E-state index in [0.29, 0.717) is 10.7 Å². The van der Waals surface area contributed by atoms with Crippen molar-refractivity contribution in [3.05, 3.63) is 29.8 Å². The molecule has 0 saturated heterocycles. The van der Waals surface area contributed by atoms with E-state index in [2.05, 4.69) is 12.2 Å². The molecule has 114 valence electrons. The number of nitrogens with two attached hydrogens (primary N) is 1. The molecule has 0 radical (unpaired) electrons. The molecule has 1 saturated carbocycles. The average Bonchev–Trinajstić information content (AvgIpc) is 3.28. The van der Waals surface area contributed by atoms with Crippen LogP contribution in [-0.2, 0) is 4.79 Å². The van der Waals surface area contributed by atoms with Gasteiger partial charge in [0.15, 0.2) is 6.61 Å². The van der Waals surface area contributed by atoms with E-state index in [4.69, 9.17) is 22.7 Å². The summed E-state index contributed by atoms with van der Waals surface area (Å²) >= 11 is 4.88. The van der Waals surface area contributed by atoms with Crippen LogP contribution in [0.5, 0.6) is 5.75 Å². The zero-order chi connectivity index (χ0) is 15.2. The van der Waals surface area contributed by atoms with Crippen molar-refractivity contribution in [2.45, 2.75) is 38.6 Å². The Hall–Kier alpha value is -1.62. The summed E-state index contributed by atoms with van der Waals surface area (Å²) in [6, 6.07) is 7.38. The molecule has 1 atom stereocenters. The van der Waals surface area contributed by atoms with Gasteiger partial charge in [-0.25, -0.2) is 0 Å². The van der Waals surface area contributed by atoms with Crippen molar-refractivity contribution in [1.82, 2.24) is 5.32 Å². The van der Waals surface area contributed by atoms with Crippen LogP contribution in [0.15, 0.2) is 24.3 Å². The van der Waals surface area contributed by atoms with E-state index in [0.717, 1.165) is 24.3 Å². The average molecular weight is 306 g/mol. The predicted molar refractivity (Wildman–Crippen MR) is 87.4 cm³/mol. The molecule has 1 amide bonds. The molecule has 0 bridgehead atoms. The zero-order valence-electron chi connectivity index (χ0n) is 12.3. The van der Waals surface area contributed by atoms with Gasteiger partial charge in [-0.15, -0.1) is 0 Å². The van der Waals surface area contributed by atoms with Crippen molar-refractivity contribution in [3.63, 3.8) is 0 Å². The van der Waals surface area contributed by atoms with Crippen LogP contribution in [0.1, 0.15) is 38.2 Å². The largest absolute Gasteiger partial charge is 0.484 e. The first kappa shape index (κ1) is 15.8. The summed E-state index contributed by atoms with van der Waals surface area (Å²) in [6.07, 6.45) is 4.66. The van der Waals surface area contributed by atoms with Crippen LogP contribution in [0.3, 0.4) is 0 Å². The normalized spacial score (nSPS) is 15.3. The highest BCUT2D eigenvalue weighted by Crippen LogP contribution is 2.33. The maximum atomic E-state index is 11.9. The quantitative estimate of drug-likeness (QED) is 0.724. The summed E-state index contributed by atoms with van der Waals surface area (Å²) in [5, 5.41) is 3.03. The Kier molecular flexibility index (Phi) is 5.56. The minimum absolute atomic E-state index is 0.0353. The molecule has 0 spiro atoms. The molecule has 2 rings (SSSR count). The van der Waals surface area contributed by atoms with Gasteiger partial charge in [-0.1, -0.05) is 32.0 Å². The van der Waals surface area contributed by atoms with E-state index < -0.39 is 0 Å². The lowest BCUT2D eigenvalue weighted by molar-refractivity contribution is -0.123. The van der Waals surface area contributed by atoms with Crippen LogP contribution in [0, 0.1) is 5.92 Å². The van der Waals surface area contributed by atoms with Crippen molar-refractivity contribution in [3.8, 4) is 5.75 Å². The van der Waals surface area contributed by atoms with Crippen LogP contribution in [0.4, 0.5) is 0 Å². The Morgan fingerprint density at radius 2 is 2.10 bits per heavy atom. The van der Waals surface area contributed by atoms with Crippen molar-refractivity contribution in [1.29, 1.82) is 0 Å². The Morgan fingerprint density at radius 3 is 2.62 bits per heavy atom. The Morgan fingerprint density at radius 1 is 1.43 bits per heavy atom. The molecule has 5 heteroatoms. The first-order valence-corrected chi connectivity index (χ1v) is 7.81. The SMILES string of the molecule is CCC(CC1CC1)NC(=O)COc1ccc(C(N)=S)cc1. The molecule has 1 aromatic rings. The monoisotopic (exact) mass is 306 g/mol. The highest BCUT2D eigenvalue weighted by Gasteiger charge is 2.25. The lowest BCUT2D eigenvalue weighted by Crippen LogP contribution is -2.37. The van der Waals surface area contributed by atoms with Gasteiger partial charge >= 0.3 is 0 Å². The van der Waals surface area contributed by atoms with Crippen molar-refractivity contribution >= 4 is 23.1 Å². The lowest BCUT2D eigenvalue weighted by atomic mass is 10.1. The summed E-state index contributed by atoms with van der Waals surface area (Å²) in [6.45, 7) is 2.14. The van der Waals surface area contributed by atoms with Crippen LogP contribution in [-0.4, -0.2) is 23.5 Å². The number of benzene rings is 1. The number of nitrogens with one attached hydrogen (secondary N) is 1. The van der Waals surface area contributed by atoms with Gasteiger partial charge in [0.05, 0.1) is 0 Å². The molecule has 0 aromatic heterocycles. The van der Waals surface area contributed by atoms with Crippen molar-refractivity contribution < 1.29 is 9.53 Å². The maximum absolute atomic E-state index is 11.9. The highest BCUT2D eigenvalue weighted by atomic mass is 32.1. The van der Waals surface area contributed by atoms with Crippen molar-refractivity contribution in [2.24, 2.45) is 11.7 Å². The third-order valence-corrected chi connectivity index (χ3v) is 3.92. The molecule has 4 nitrogen and oxygen atoms in total. The number of amides is 1. The number of carbonyl (C=O) groups is 1. The highest BCUT2D eigenvalue weighted by molar-refractivity contribution is 7.80. The molecule has 1 fully saturated rings. The standard InChI is InChI=1S/C16H22N2O2S/c1-2-13(9-11-3-4-11)18-15(19)10-20-14-7-5-12(6-8-14)16(17)21/h5-8,11,13H,2-4,9-10H2,1H3,(H2,17,21)(H,18,19). The van der Waals surface area contributed by atoms with Crippen molar-refractivity contribution in [2.75, 3.05) is 6.61 Å². The van der Waals surface area contributed by atoms with E-state index in [1.165, 1.54) is 12.8 Å². The van der Waals surface area contributed by atoms with Gasteiger partial charge in [0.2, 0.25) is 0 Å². The number of ether oxygens (including phenoxy) is 1. The van der Waals surface area contributed by atoms with E-state index in [9.17, 15) is 4.79 Å². The molecule has 3 N–H and O–H groups in total. The second kappa shape index (κ2) is 7.41. The topological polar surface area (TPSA) is 64.3 Å². The smallest absolute Gasteiger partial charge is 0.258 e. The van der Waals surface area contributed by atoms with Gasteiger partial charge in [0.1, 0.15) is 10.7 Å². The molecular formula is C16H22N2O2S. The minimum atomic E-state index is -0.0686. The van der Waals surface area contributed by atoms with Gasteiger partial charge in [-0.05, 0) is 43.0 Å². The van der Waals surface area contributed by atoms with Gasteiger partial charge in [0, 0.05) is 11.6 Å². The van der Waals surface area contributed by atoms with E-state index in [-0.39, 0.29) is 18.6 Å². The van der Waals surface area contributed by atoms with E-state index in [1.807, 2.05) is 0 Å². The van der Waals surface area contributed by atoms with E-state index in [1.54, 1.807) is 24.3 Å². The number of carbonyl (C=O) groups excluding carboxylic acids is 1.